The van der Waals surface area contributed by atoms with Crippen LogP contribution in [0, 0.1) is 12.3 Å². The van der Waals surface area contributed by atoms with Gasteiger partial charge in [0.2, 0.25) is 0 Å². The minimum absolute atomic E-state index is 0.104. The van der Waals surface area contributed by atoms with E-state index in [2.05, 4.69) is 5.32 Å². The topological polar surface area (TPSA) is 64.3 Å². The molecule has 0 atom stereocenters. The second-order valence-corrected chi connectivity index (χ2v) is 5.25. The molecule has 100 valence electrons. The van der Waals surface area contributed by atoms with E-state index in [1.54, 1.807) is 13.2 Å². The van der Waals surface area contributed by atoms with Crippen LogP contribution in [0.15, 0.2) is 18.2 Å². The largest absolute Gasteiger partial charge is 0.496 e. The van der Waals surface area contributed by atoms with Crippen molar-refractivity contribution in [1.82, 2.24) is 5.32 Å². The first-order chi connectivity index (χ1) is 8.39. The van der Waals surface area contributed by atoms with Gasteiger partial charge in [0.1, 0.15) is 5.75 Å². The van der Waals surface area contributed by atoms with Crippen LogP contribution in [0.2, 0.25) is 0 Å². The summed E-state index contributed by atoms with van der Waals surface area (Å²) in [6.07, 6.45) is 0. The van der Waals surface area contributed by atoms with Gasteiger partial charge in [0.25, 0.3) is 5.91 Å². The van der Waals surface area contributed by atoms with Gasteiger partial charge in [-0.2, -0.15) is 0 Å². The van der Waals surface area contributed by atoms with E-state index in [4.69, 9.17) is 10.5 Å². The van der Waals surface area contributed by atoms with Crippen molar-refractivity contribution in [3.63, 3.8) is 0 Å². The lowest BCUT2D eigenvalue weighted by molar-refractivity contribution is 0.0935. The van der Waals surface area contributed by atoms with Crippen LogP contribution >= 0.6 is 0 Å². The van der Waals surface area contributed by atoms with Gasteiger partial charge in [-0.25, -0.2) is 0 Å². The number of ether oxygens (including phenoxy) is 1. The summed E-state index contributed by atoms with van der Waals surface area (Å²) in [7, 11) is 1.56. The Morgan fingerprint density at radius 3 is 2.67 bits per heavy atom. The van der Waals surface area contributed by atoms with E-state index in [1.165, 1.54) is 0 Å². The molecule has 4 heteroatoms. The van der Waals surface area contributed by atoms with Gasteiger partial charge in [0.15, 0.2) is 0 Å². The van der Waals surface area contributed by atoms with Gasteiger partial charge in [0.05, 0.1) is 12.7 Å². The van der Waals surface area contributed by atoms with E-state index in [0.29, 0.717) is 24.4 Å². The highest BCUT2D eigenvalue weighted by Gasteiger charge is 2.18. The summed E-state index contributed by atoms with van der Waals surface area (Å²) in [5.74, 6) is 0.459. The van der Waals surface area contributed by atoms with Crippen molar-refractivity contribution in [2.24, 2.45) is 11.1 Å². The Morgan fingerprint density at radius 1 is 1.44 bits per heavy atom. The van der Waals surface area contributed by atoms with Crippen LogP contribution in [0.3, 0.4) is 0 Å². The molecule has 0 aliphatic rings. The average Bonchev–Trinajstić information content (AvgIpc) is 2.36. The lowest BCUT2D eigenvalue weighted by Gasteiger charge is -2.22. The van der Waals surface area contributed by atoms with Gasteiger partial charge < -0.3 is 15.8 Å². The lowest BCUT2D eigenvalue weighted by atomic mass is 9.94. The molecule has 0 fully saturated rings. The SMILES string of the molecule is COc1ccc(C)cc1C(=O)NCC(C)(C)CN. The summed E-state index contributed by atoms with van der Waals surface area (Å²) in [5, 5.41) is 2.89. The fourth-order valence-electron chi connectivity index (χ4n) is 1.49. The summed E-state index contributed by atoms with van der Waals surface area (Å²) in [4.78, 5) is 12.1. The molecule has 0 heterocycles. The second kappa shape index (κ2) is 5.87. The molecule has 0 aliphatic heterocycles. The van der Waals surface area contributed by atoms with Crippen molar-refractivity contribution >= 4 is 5.91 Å². The number of aryl methyl sites for hydroxylation is 1. The molecule has 1 amide bonds. The number of carbonyl (C=O) groups excluding carboxylic acids is 1. The molecule has 1 aromatic carbocycles. The summed E-state index contributed by atoms with van der Waals surface area (Å²) in [6, 6.07) is 5.54. The molecule has 0 saturated heterocycles. The first-order valence-electron chi connectivity index (χ1n) is 6.02. The summed E-state index contributed by atoms with van der Waals surface area (Å²) < 4.78 is 5.19. The molecule has 0 aliphatic carbocycles. The number of methoxy groups -OCH3 is 1. The van der Waals surface area contributed by atoms with Crippen molar-refractivity contribution in [3.05, 3.63) is 29.3 Å². The third-order valence-corrected chi connectivity index (χ3v) is 2.88. The summed E-state index contributed by atoms with van der Waals surface area (Å²) in [5.41, 5.74) is 7.12. The van der Waals surface area contributed by atoms with Crippen LogP contribution in [0.5, 0.6) is 5.75 Å². The van der Waals surface area contributed by atoms with Crippen LogP contribution in [-0.4, -0.2) is 26.1 Å². The van der Waals surface area contributed by atoms with Crippen molar-refractivity contribution in [2.75, 3.05) is 20.2 Å². The maximum atomic E-state index is 12.1. The number of nitrogens with one attached hydrogen (secondary N) is 1. The number of nitrogens with two attached hydrogens (primary N) is 1. The highest BCUT2D eigenvalue weighted by molar-refractivity contribution is 5.97. The zero-order valence-corrected chi connectivity index (χ0v) is 11.5. The van der Waals surface area contributed by atoms with Gasteiger partial charge in [-0.3, -0.25) is 4.79 Å². The highest BCUT2D eigenvalue weighted by Crippen LogP contribution is 2.20. The Balaban J connectivity index is 2.81. The van der Waals surface area contributed by atoms with Crippen LogP contribution in [0.25, 0.3) is 0 Å². The Hall–Kier alpha value is -1.55. The Morgan fingerprint density at radius 2 is 2.11 bits per heavy atom. The summed E-state index contributed by atoms with van der Waals surface area (Å²) in [6.45, 7) is 7.04. The van der Waals surface area contributed by atoms with Crippen LogP contribution in [0.4, 0.5) is 0 Å². The standard InChI is InChI=1S/C14H22N2O2/c1-10-5-6-12(18-4)11(7-10)13(17)16-9-14(2,3)8-15/h5-7H,8-9,15H2,1-4H3,(H,16,17). The molecule has 0 radical (unpaired) electrons. The van der Waals surface area contributed by atoms with Crippen molar-refractivity contribution in [2.45, 2.75) is 20.8 Å². The second-order valence-electron chi connectivity index (χ2n) is 5.25. The predicted octanol–water partition coefficient (Wildman–Crippen LogP) is 1.72. The molecular weight excluding hydrogens is 228 g/mol. The van der Waals surface area contributed by atoms with E-state index in [1.807, 2.05) is 32.9 Å². The number of benzene rings is 1. The third kappa shape index (κ3) is 3.74. The number of hydrogen-bond acceptors (Lipinski definition) is 3. The molecule has 0 saturated carbocycles. The van der Waals surface area contributed by atoms with Crippen LogP contribution in [0.1, 0.15) is 29.8 Å². The van der Waals surface area contributed by atoms with E-state index in [-0.39, 0.29) is 11.3 Å². The molecule has 18 heavy (non-hydrogen) atoms. The first-order valence-corrected chi connectivity index (χ1v) is 6.02. The first kappa shape index (κ1) is 14.5. The molecule has 0 unspecified atom stereocenters. The third-order valence-electron chi connectivity index (χ3n) is 2.88. The van der Waals surface area contributed by atoms with E-state index in [0.717, 1.165) is 5.56 Å². The van der Waals surface area contributed by atoms with Gasteiger partial charge in [0, 0.05) is 6.54 Å². The minimum atomic E-state index is -0.128. The fraction of sp³-hybridized carbons (Fsp3) is 0.500. The summed E-state index contributed by atoms with van der Waals surface area (Å²) >= 11 is 0. The number of rotatable bonds is 5. The monoisotopic (exact) mass is 250 g/mol. The Bertz CT molecular complexity index is 428. The van der Waals surface area contributed by atoms with E-state index >= 15 is 0 Å². The Kier molecular flexibility index (Phi) is 4.73. The van der Waals surface area contributed by atoms with E-state index < -0.39 is 0 Å². The molecule has 0 bridgehead atoms. The van der Waals surface area contributed by atoms with Crippen molar-refractivity contribution < 1.29 is 9.53 Å². The van der Waals surface area contributed by atoms with Crippen LogP contribution < -0.4 is 15.8 Å². The van der Waals surface area contributed by atoms with Crippen molar-refractivity contribution in [1.29, 1.82) is 0 Å². The average molecular weight is 250 g/mol. The fourth-order valence-corrected chi connectivity index (χ4v) is 1.49. The molecular formula is C14H22N2O2. The zero-order chi connectivity index (χ0) is 13.8. The molecule has 1 rings (SSSR count). The lowest BCUT2D eigenvalue weighted by Crippen LogP contribution is -2.38. The van der Waals surface area contributed by atoms with Gasteiger partial charge in [-0.15, -0.1) is 0 Å². The van der Waals surface area contributed by atoms with Crippen LogP contribution in [-0.2, 0) is 0 Å². The maximum Gasteiger partial charge on any atom is 0.255 e. The number of amides is 1. The number of hydrogen-bond donors (Lipinski definition) is 2. The smallest absolute Gasteiger partial charge is 0.255 e. The number of carbonyl (C=O) groups is 1. The van der Waals surface area contributed by atoms with Gasteiger partial charge in [-0.05, 0) is 31.0 Å². The molecule has 1 aromatic rings. The quantitative estimate of drug-likeness (QED) is 0.836. The van der Waals surface area contributed by atoms with E-state index in [9.17, 15) is 4.79 Å². The molecule has 0 aromatic heterocycles. The van der Waals surface area contributed by atoms with Crippen molar-refractivity contribution in [3.8, 4) is 5.75 Å². The highest BCUT2D eigenvalue weighted by atomic mass is 16.5. The predicted molar refractivity (Wildman–Crippen MR) is 72.9 cm³/mol. The molecule has 0 spiro atoms. The van der Waals surface area contributed by atoms with Gasteiger partial charge >= 0.3 is 0 Å². The Labute approximate surface area is 109 Å². The molecule has 4 nitrogen and oxygen atoms in total. The zero-order valence-electron chi connectivity index (χ0n) is 11.5. The van der Waals surface area contributed by atoms with Gasteiger partial charge in [-0.1, -0.05) is 25.5 Å². The maximum absolute atomic E-state index is 12.1. The minimum Gasteiger partial charge on any atom is -0.496 e. The normalized spacial score (nSPS) is 11.2. The molecule has 3 N–H and O–H groups in total.